The van der Waals surface area contributed by atoms with Gasteiger partial charge < -0.3 is 19.6 Å². The maximum Gasteiger partial charge on any atom is 0.323 e. The minimum Gasteiger partial charge on any atom is -0.480 e. The second-order valence-corrected chi connectivity index (χ2v) is 4.55. The number of rotatable bonds is 5. The molecule has 0 aliphatic carbocycles. The van der Waals surface area contributed by atoms with Crippen LogP contribution in [0.1, 0.15) is 19.8 Å². The van der Waals surface area contributed by atoms with E-state index in [2.05, 4.69) is 6.58 Å². The molecule has 6 nitrogen and oxygen atoms in total. The van der Waals surface area contributed by atoms with E-state index in [4.69, 9.17) is 9.84 Å². The zero-order valence-corrected chi connectivity index (χ0v) is 11.4. The van der Waals surface area contributed by atoms with E-state index in [0.29, 0.717) is 19.7 Å². The first-order valence-electron chi connectivity index (χ1n) is 6.56. The molecular formula is C13H22N2O4. The zero-order valence-electron chi connectivity index (χ0n) is 11.4. The average molecular weight is 270 g/mol. The Labute approximate surface area is 113 Å². The van der Waals surface area contributed by atoms with E-state index in [0.717, 1.165) is 12.8 Å². The van der Waals surface area contributed by atoms with Crippen LogP contribution in [0.3, 0.4) is 0 Å². The molecule has 0 saturated carbocycles. The van der Waals surface area contributed by atoms with Crippen LogP contribution in [0.25, 0.3) is 0 Å². The summed E-state index contributed by atoms with van der Waals surface area (Å²) in [4.78, 5) is 26.1. The van der Waals surface area contributed by atoms with Gasteiger partial charge in [-0.25, -0.2) is 4.79 Å². The van der Waals surface area contributed by atoms with E-state index >= 15 is 0 Å². The van der Waals surface area contributed by atoms with Gasteiger partial charge in [0, 0.05) is 26.2 Å². The summed E-state index contributed by atoms with van der Waals surface area (Å²) < 4.78 is 5.60. The number of aliphatic carboxylic acids is 1. The molecule has 0 bridgehead atoms. The van der Waals surface area contributed by atoms with E-state index in [9.17, 15) is 9.59 Å². The van der Waals surface area contributed by atoms with E-state index in [1.807, 2.05) is 6.92 Å². The molecular weight excluding hydrogens is 248 g/mol. The van der Waals surface area contributed by atoms with Gasteiger partial charge in [0.25, 0.3) is 0 Å². The molecule has 1 fully saturated rings. The van der Waals surface area contributed by atoms with Gasteiger partial charge in [0.05, 0.1) is 6.10 Å². The lowest BCUT2D eigenvalue weighted by Crippen LogP contribution is -2.47. The number of amides is 2. The van der Waals surface area contributed by atoms with Crippen molar-refractivity contribution in [3.63, 3.8) is 0 Å². The van der Waals surface area contributed by atoms with Crippen LogP contribution in [-0.4, -0.2) is 65.8 Å². The highest BCUT2D eigenvalue weighted by Crippen LogP contribution is 2.11. The lowest BCUT2D eigenvalue weighted by atomic mass is 10.2. The van der Waals surface area contributed by atoms with Gasteiger partial charge in [0.15, 0.2) is 0 Å². The molecule has 0 aromatic carbocycles. The zero-order chi connectivity index (χ0) is 14.3. The van der Waals surface area contributed by atoms with Gasteiger partial charge >= 0.3 is 12.0 Å². The van der Waals surface area contributed by atoms with Crippen molar-refractivity contribution in [3.8, 4) is 0 Å². The number of hydrogen-bond donors (Lipinski definition) is 1. The fourth-order valence-corrected chi connectivity index (χ4v) is 2.05. The van der Waals surface area contributed by atoms with Crippen molar-refractivity contribution >= 4 is 12.0 Å². The molecule has 0 radical (unpaired) electrons. The van der Waals surface area contributed by atoms with Gasteiger partial charge in [-0.05, 0) is 12.8 Å². The fourth-order valence-electron chi connectivity index (χ4n) is 2.05. The smallest absolute Gasteiger partial charge is 0.323 e. The lowest BCUT2D eigenvalue weighted by Gasteiger charge is -2.29. The van der Waals surface area contributed by atoms with Crippen molar-refractivity contribution < 1.29 is 19.4 Å². The Morgan fingerprint density at radius 3 is 2.89 bits per heavy atom. The summed E-state index contributed by atoms with van der Waals surface area (Å²) in [7, 11) is 0. The highest BCUT2D eigenvalue weighted by atomic mass is 16.5. The van der Waals surface area contributed by atoms with E-state index in [1.54, 1.807) is 4.90 Å². The number of ether oxygens (including phenoxy) is 1. The van der Waals surface area contributed by atoms with Crippen molar-refractivity contribution in [2.45, 2.75) is 25.9 Å². The van der Waals surface area contributed by atoms with Crippen LogP contribution in [0.15, 0.2) is 12.7 Å². The van der Waals surface area contributed by atoms with Crippen LogP contribution in [0, 0.1) is 0 Å². The molecule has 1 heterocycles. The Hall–Kier alpha value is -1.56. The van der Waals surface area contributed by atoms with Gasteiger partial charge in [-0.15, -0.1) is 6.58 Å². The maximum atomic E-state index is 12.3. The van der Waals surface area contributed by atoms with Crippen LogP contribution in [0.5, 0.6) is 0 Å². The molecule has 1 rings (SSSR count). The summed E-state index contributed by atoms with van der Waals surface area (Å²) >= 11 is 0. The molecule has 0 aromatic heterocycles. The number of urea groups is 1. The van der Waals surface area contributed by atoms with E-state index < -0.39 is 5.97 Å². The van der Waals surface area contributed by atoms with Crippen molar-refractivity contribution in [2.75, 3.05) is 32.8 Å². The van der Waals surface area contributed by atoms with Crippen LogP contribution < -0.4 is 0 Å². The first-order valence-corrected chi connectivity index (χ1v) is 6.56. The Kier molecular flexibility index (Phi) is 6.35. The van der Waals surface area contributed by atoms with Crippen molar-refractivity contribution in [1.29, 1.82) is 0 Å². The predicted molar refractivity (Wildman–Crippen MR) is 71.0 cm³/mol. The van der Waals surface area contributed by atoms with Gasteiger partial charge in [0.1, 0.15) is 6.54 Å². The molecule has 6 heteroatoms. The first-order chi connectivity index (χ1) is 9.08. The molecule has 19 heavy (non-hydrogen) atoms. The summed E-state index contributed by atoms with van der Waals surface area (Å²) in [5.41, 5.74) is 0. The Morgan fingerprint density at radius 2 is 2.32 bits per heavy atom. The second kappa shape index (κ2) is 7.78. The number of carbonyl (C=O) groups excluding carboxylic acids is 1. The van der Waals surface area contributed by atoms with Crippen LogP contribution in [0.4, 0.5) is 4.79 Å². The van der Waals surface area contributed by atoms with Gasteiger partial charge in [-0.3, -0.25) is 4.79 Å². The molecule has 1 saturated heterocycles. The number of carboxylic acids is 1. The topological polar surface area (TPSA) is 70.1 Å². The van der Waals surface area contributed by atoms with Gasteiger partial charge in [0.2, 0.25) is 0 Å². The van der Waals surface area contributed by atoms with E-state index in [-0.39, 0.29) is 25.2 Å². The SMILES string of the molecule is C=CCN(CC(=O)O)C(=O)N1CCCOC(CC)C1. The fraction of sp³-hybridized carbons (Fsp3) is 0.692. The van der Waals surface area contributed by atoms with Crippen LogP contribution in [-0.2, 0) is 9.53 Å². The van der Waals surface area contributed by atoms with Crippen molar-refractivity contribution in [2.24, 2.45) is 0 Å². The largest absolute Gasteiger partial charge is 0.480 e. The number of carboxylic acid groups (broad SMARTS) is 1. The van der Waals surface area contributed by atoms with Crippen molar-refractivity contribution in [3.05, 3.63) is 12.7 Å². The molecule has 1 aliphatic rings. The normalized spacial score (nSPS) is 19.6. The third-order valence-corrected chi connectivity index (χ3v) is 3.02. The van der Waals surface area contributed by atoms with Crippen LogP contribution >= 0.6 is 0 Å². The molecule has 1 N–H and O–H groups in total. The van der Waals surface area contributed by atoms with E-state index in [1.165, 1.54) is 11.0 Å². The Balaban J connectivity index is 2.70. The monoisotopic (exact) mass is 270 g/mol. The van der Waals surface area contributed by atoms with Crippen molar-refractivity contribution in [1.82, 2.24) is 9.80 Å². The molecule has 0 spiro atoms. The van der Waals surface area contributed by atoms with Gasteiger partial charge in [-0.2, -0.15) is 0 Å². The predicted octanol–water partition coefficient (Wildman–Crippen LogP) is 1.18. The highest BCUT2D eigenvalue weighted by molar-refractivity contribution is 5.80. The summed E-state index contributed by atoms with van der Waals surface area (Å²) in [6.07, 6.45) is 3.18. The minimum absolute atomic E-state index is 0.0295. The molecule has 0 aromatic rings. The molecule has 1 atom stereocenters. The lowest BCUT2D eigenvalue weighted by molar-refractivity contribution is -0.137. The summed E-state index contributed by atoms with van der Waals surface area (Å²) in [6, 6.07) is -0.258. The summed E-state index contributed by atoms with van der Waals surface area (Å²) in [5, 5.41) is 8.84. The highest BCUT2D eigenvalue weighted by Gasteiger charge is 2.26. The molecule has 2 amide bonds. The number of carbonyl (C=O) groups is 2. The number of nitrogens with zero attached hydrogens (tertiary/aromatic N) is 2. The summed E-state index contributed by atoms with van der Waals surface area (Å²) in [6.45, 7) is 7.25. The third kappa shape index (κ3) is 4.90. The average Bonchev–Trinajstić information content (AvgIpc) is 2.62. The standard InChI is InChI=1S/C13H22N2O4/c1-3-6-14(10-12(16)17)13(18)15-7-5-8-19-11(4-2)9-15/h3,11H,1,4-10H2,2H3,(H,16,17). The molecule has 108 valence electrons. The second-order valence-electron chi connectivity index (χ2n) is 4.55. The number of hydrogen-bond acceptors (Lipinski definition) is 3. The first kappa shape index (κ1) is 15.5. The Morgan fingerprint density at radius 1 is 1.58 bits per heavy atom. The van der Waals surface area contributed by atoms with Gasteiger partial charge in [-0.1, -0.05) is 13.0 Å². The third-order valence-electron chi connectivity index (χ3n) is 3.02. The maximum absolute atomic E-state index is 12.3. The van der Waals surface area contributed by atoms with Crippen LogP contribution in [0.2, 0.25) is 0 Å². The minimum atomic E-state index is -1.02. The molecule has 1 aliphatic heterocycles. The molecule has 1 unspecified atom stereocenters. The Bertz CT molecular complexity index is 333. The quantitative estimate of drug-likeness (QED) is 0.762. The summed E-state index contributed by atoms with van der Waals surface area (Å²) in [5.74, 6) is -1.02.